The van der Waals surface area contributed by atoms with E-state index in [0.29, 0.717) is 6.42 Å². The quantitative estimate of drug-likeness (QED) is 0.906. The first-order valence-corrected chi connectivity index (χ1v) is 6.16. The number of benzene rings is 1. The molecule has 0 heterocycles. The van der Waals surface area contributed by atoms with Gasteiger partial charge in [-0.15, -0.1) is 0 Å². The number of amides is 1. The SMILES string of the molecule is CC(c1ccc(F)cc1)N(C)C(=O)C1CC1C(=O)O. The van der Waals surface area contributed by atoms with E-state index in [2.05, 4.69) is 0 Å². The first-order valence-electron chi connectivity index (χ1n) is 6.16. The summed E-state index contributed by atoms with van der Waals surface area (Å²) in [6.45, 7) is 1.84. The number of nitrogens with zero attached hydrogens (tertiary/aromatic N) is 1. The summed E-state index contributed by atoms with van der Waals surface area (Å²) in [5, 5.41) is 8.83. The van der Waals surface area contributed by atoms with E-state index < -0.39 is 17.8 Å². The van der Waals surface area contributed by atoms with Gasteiger partial charge in [0.15, 0.2) is 0 Å². The monoisotopic (exact) mass is 265 g/mol. The van der Waals surface area contributed by atoms with Gasteiger partial charge in [0.1, 0.15) is 5.82 Å². The Balaban J connectivity index is 2.03. The molecule has 3 unspecified atom stereocenters. The molecule has 1 aromatic carbocycles. The lowest BCUT2D eigenvalue weighted by Gasteiger charge is -2.25. The second-order valence-electron chi connectivity index (χ2n) is 4.96. The van der Waals surface area contributed by atoms with Crippen LogP contribution >= 0.6 is 0 Å². The van der Waals surface area contributed by atoms with Crippen LogP contribution in [-0.4, -0.2) is 28.9 Å². The molecule has 0 aromatic heterocycles. The molecule has 0 spiro atoms. The zero-order valence-electron chi connectivity index (χ0n) is 10.8. The predicted molar refractivity (Wildman–Crippen MR) is 66.8 cm³/mol. The van der Waals surface area contributed by atoms with Crippen LogP contribution in [0.5, 0.6) is 0 Å². The highest BCUT2D eigenvalue weighted by Gasteiger charge is 2.49. The van der Waals surface area contributed by atoms with Crippen molar-refractivity contribution in [3.8, 4) is 0 Å². The molecule has 1 aromatic rings. The van der Waals surface area contributed by atoms with E-state index in [0.717, 1.165) is 5.56 Å². The number of hydrogen-bond donors (Lipinski definition) is 1. The zero-order chi connectivity index (χ0) is 14.2. The molecular weight excluding hydrogens is 249 g/mol. The minimum atomic E-state index is -0.916. The van der Waals surface area contributed by atoms with Crippen molar-refractivity contribution >= 4 is 11.9 Å². The minimum absolute atomic E-state index is 0.163. The number of carbonyl (C=O) groups excluding carboxylic acids is 1. The summed E-state index contributed by atoms with van der Waals surface area (Å²) in [7, 11) is 1.65. The third-order valence-corrected chi connectivity index (χ3v) is 3.71. The van der Waals surface area contributed by atoms with E-state index in [9.17, 15) is 14.0 Å². The summed E-state index contributed by atoms with van der Waals surface area (Å²) in [5.74, 6) is -2.36. The van der Waals surface area contributed by atoms with Crippen molar-refractivity contribution in [3.05, 3.63) is 35.6 Å². The topological polar surface area (TPSA) is 57.6 Å². The lowest BCUT2D eigenvalue weighted by atomic mass is 10.1. The van der Waals surface area contributed by atoms with Crippen LogP contribution in [-0.2, 0) is 9.59 Å². The van der Waals surface area contributed by atoms with Crippen molar-refractivity contribution in [2.45, 2.75) is 19.4 Å². The molecule has 1 aliphatic rings. The van der Waals surface area contributed by atoms with Crippen molar-refractivity contribution in [2.24, 2.45) is 11.8 Å². The van der Waals surface area contributed by atoms with Gasteiger partial charge in [-0.05, 0) is 31.0 Å². The van der Waals surface area contributed by atoms with Crippen LogP contribution in [0.3, 0.4) is 0 Å². The molecule has 1 saturated carbocycles. The lowest BCUT2D eigenvalue weighted by molar-refractivity contribution is -0.142. The summed E-state index contributed by atoms with van der Waals surface area (Å²) in [4.78, 5) is 24.4. The standard InChI is InChI=1S/C14H16FNO3/c1-8(9-3-5-10(15)6-4-9)16(2)13(17)11-7-12(11)14(18)19/h3-6,8,11-12H,7H2,1-2H3,(H,18,19). The number of carboxylic acids is 1. The molecular formula is C14H16FNO3. The molecule has 4 nitrogen and oxygen atoms in total. The van der Waals surface area contributed by atoms with Crippen molar-refractivity contribution in [2.75, 3.05) is 7.05 Å². The second kappa shape index (κ2) is 4.99. The molecule has 19 heavy (non-hydrogen) atoms. The summed E-state index contributed by atoms with van der Waals surface area (Å²) in [5.41, 5.74) is 0.824. The molecule has 1 amide bonds. The highest BCUT2D eigenvalue weighted by Crippen LogP contribution is 2.41. The Labute approximate surface area is 110 Å². The second-order valence-corrected chi connectivity index (χ2v) is 4.96. The first kappa shape index (κ1) is 13.5. The van der Waals surface area contributed by atoms with Crippen LogP contribution < -0.4 is 0 Å². The van der Waals surface area contributed by atoms with E-state index in [-0.39, 0.29) is 17.8 Å². The molecule has 0 radical (unpaired) electrons. The van der Waals surface area contributed by atoms with E-state index in [4.69, 9.17) is 5.11 Å². The lowest BCUT2D eigenvalue weighted by Crippen LogP contribution is -2.31. The van der Waals surface area contributed by atoms with Gasteiger partial charge < -0.3 is 10.0 Å². The Kier molecular flexibility index (Phi) is 3.55. The fourth-order valence-electron chi connectivity index (χ4n) is 2.16. The van der Waals surface area contributed by atoms with Crippen LogP contribution in [0.25, 0.3) is 0 Å². The van der Waals surface area contributed by atoms with Crippen LogP contribution in [0.1, 0.15) is 24.9 Å². The van der Waals surface area contributed by atoms with Gasteiger partial charge in [0.2, 0.25) is 5.91 Å². The highest BCUT2D eigenvalue weighted by molar-refractivity contribution is 5.89. The fraction of sp³-hybridized carbons (Fsp3) is 0.429. The average Bonchev–Trinajstić information content (AvgIpc) is 3.17. The third kappa shape index (κ3) is 2.75. The maximum absolute atomic E-state index is 12.8. The Hall–Kier alpha value is -1.91. The number of carboxylic acid groups (broad SMARTS) is 1. The Bertz CT molecular complexity index is 500. The first-order chi connectivity index (χ1) is 8.91. The molecule has 5 heteroatoms. The summed E-state index contributed by atoms with van der Waals surface area (Å²) in [6, 6.07) is 5.75. The number of aliphatic carboxylic acids is 1. The zero-order valence-corrected chi connectivity index (χ0v) is 10.8. The number of carbonyl (C=O) groups is 2. The Morgan fingerprint density at radius 3 is 2.37 bits per heavy atom. The molecule has 0 bridgehead atoms. The van der Waals surface area contributed by atoms with Crippen molar-refractivity contribution in [1.82, 2.24) is 4.90 Å². The third-order valence-electron chi connectivity index (χ3n) is 3.71. The largest absolute Gasteiger partial charge is 0.481 e. The molecule has 102 valence electrons. The van der Waals surface area contributed by atoms with Crippen molar-refractivity contribution < 1.29 is 19.1 Å². The molecule has 1 N–H and O–H groups in total. The van der Waals surface area contributed by atoms with Crippen LogP contribution in [0, 0.1) is 17.7 Å². The van der Waals surface area contributed by atoms with Gasteiger partial charge in [0.25, 0.3) is 0 Å². The van der Waals surface area contributed by atoms with E-state index in [1.165, 1.54) is 17.0 Å². The van der Waals surface area contributed by atoms with Crippen molar-refractivity contribution in [1.29, 1.82) is 0 Å². The maximum atomic E-state index is 12.8. The van der Waals surface area contributed by atoms with E-state index in [1.807, 2.05) is 6.92 Å². The normalized spacial score (nSPS) is 22.7. The van der Waals surface area contributed by atoms with E-state index >= 15 is 0 Å². The minimum Gasteiger partial charge on any atom is -0.481 e. The Morgan fingerprint density at radius 2 is 1.89 bits per heavy atom. The molecule has 0 saturated heterocycles. The molecule has 2 rings (SSSR count). The molecule has 1 fully saturated rings. The average molecular weight is 265 g/mol. The summed E-state index contributed by atoms with van der Waals surface area (Å²) in [6.07, 6.45) is 0.411. The van der Waals surface area contributed by atoms with E-state index in [1.54, 1.807) is 19.2 Å². The number of rotatable bonds is 4. The smallest absolute Gasteiger partial charge is 0.307 e. The van der Waals surface area contributed by atoms with Gasteiger partial charge in [0.05, 0.1) is 17.9 Å². The van der Waals surface area contributed by atoms with Crippen LogP contribution in [0.15, 0.2) is 24.3 Å². The number of halogens is 1. The van der Waals surface area contributed by atoms with Gasteiger partial charge >= 0.3 is 5.97 Å². The highest BCUT2D eigenvalue weighted by atomic mass is 19.1. The number of hydrogen-bond acceptors (Lipinski definition) is 2. The molecule has 3 atom stereocenters. The molecule has 0 aliphatic heterocycles. The van der Waals surface area contributed by atoms with Crippen LogP contribution in [0.4, 0.5) is 4.39 Å². The maximum Gasteiger partial charge on any atom is 0.307 e. The predicted octanol–water partition coefficient (Wildman–Crippen LogP) is 2.07. The van der Waals surface area contributed by atoms with Gasteiger partial charge in [-0.25, -0.2) is 4.39 Å². The summed E-state index contributed by atoms with van der Waals surface area (Å²) < 4.78 is 12.8. The van der Waals surface area contributed by atoms with Crippen molar-refractivity contribution in [3.63, 3.8) is 0 Å². The van der Waals surface area contributed by atoms with Gasteiger partial charge in [0, 0.05) is 7.05 Å². The van der Waals surface area contributed by atoms with Gasteiger partial charge in [-0.2, -0.15) is 0 Å². The molecule has 1 aliphatic carbocycles. The Morgan fingerprint density at radius 1 is 1.32 bits per heavy atom. The fourth-order valence-corrected chi connectivity index (χ4v) is 2.16. The van der Waals surface area contributed by atoms with Crippen LogP contribution in [0.2, 0.25) is 0 Å². The summed E-state index contributed by atoms with van der Waals surface area (Å²) >= 11 is 0. The van der Waals surface area contributed by atoms with Gasteiger partial charge in [-0.3, -0.25) is 9.59 Å². The van der Waals surface area contributed by atoms with Gasteiger partial charge in [-0.1, -0.05) is 12.1 Å².